The van der Waals surface area contributed by atoms with Crippen molar-refractivity contribution in [3.8, 4) is 0 Å². The Morgan fingerprint density at radius 2 is 2.00 bits per heavy atom. The molecule has 0 saturated heterocycles. The Bertz CT molecular complexity index is 385. The van der Waals surface area contributed by atoms with Gasteiger partial charge in [-0.3, -0.25) is 0 Å². The minimum Gasteiger partial charge on any atom is -0.364 e. The highest BCUT2D eigenvalue weighted by molar-refractivity contribution is 5.85. The lowest BCUT2D eigenvalue weighted by molar-refractivity contribution is 1.28. The van der Waals surface area contributed by atoms with Crippen LogP contribution in [0.15, 0.2) is 24.4 Å². The van der Waals surface area contributed by atoms with Crippen LogP contribution in [-0.2, 0) is 0 Å². The molecule has 1 aromatic carbocycles. The highest BCUT2D eigenvalue weighted by atomic mass is 14.7. The molecule has 0 aliphatic rings. The van der Waals surface area contributed by atoms with Gasteiger partial charge in [0.05, 0.1) is 0 Å². The third kappa shape index (κ3) is 0.929. The summed E-state index contributed by atoms with van der Waals surface area (Å²) in [6, 6.07) is 6.49. The summed E-state index contributed by atoms with van der Waals surface area (Å²) < 4.78 is 0. The fraction of sp³-hybridized carbons (Fsp3) is 0.200. The molecule has 1 heterocycles. The van der Waals surface area contributed by atoms with Crippen LogP contribution >= 0.6 is 0 Å². The molecule has 0 fully saturated rings. The van der Waals surface area contributed by atoms with Crippen LogP contribution < -0.4 is 0 Å². The fourth-order valence-corrected chi connectivity index (χ4v) is 1.38. The molecule has 0 aliphatic heterocycles. The van der Waals surface area contributed by atoms with Gasteiger partial charge in [0.15, 0.2) is 0 Å². The van der Waals surface area contributed by atoms with E-state index < -0.39 is 0 Å². The first-order chi connectivity index (χ1) is 5.27. The third-order valence-corrected chi connectivity index (χ3v) is 2.06. The third-order valence-electron chi connectivity index (χ3n) is 2.06. The molecular weight excluding hydrogens is 134 g/mol. The van der Waals surface area contributed by atoms with Crippen LogP contribution in [0.3, 0.4) is 0 Å². The van der Waals surface area contributed by atoms with E-state index in [4.69, 9.17) is 0 Å². The van der Waals surface area contributed by atoms with E-state index in [0.29, 0.717) is 0 Å². The van der Waals surface area contributed by atoms with Gasteiger partial charge in [0.1, 0.15) is 0 Å². The topological polar surface area (TPSA) is 15.8 Å². The summed E-state index contributed by atoms with van der Waals surface area (Å²) in [7, 11) is 0. The highest BCUT2D eigenvalue weighted by Gasteiger charge is 1.97. The largest absolute Gasteiger partial charge is 0.364 e. The summed E-state index contributed by atoms with van der Waals surface area (Å²) in [5, 5.41) is 2.64. The predicted octanol–water partition coefficient (Wildman–Crippen LogP) is 2.78. The fourth-order valence-electron chi connectivity index (χ4n) is 1.38. The normalized spacial score (nSPS) is 10.7. The summed E-state index contributed by atoms with van der Waals surface area (Å²) in [5.74, 6) is 0. The summed E-state index contributed by atoms with van der Waals surface area (Å²) in [6.45, 7) is 4.22. The molecule has 2 aromatic rings. The SMILES string of the molecule is Cc1ccc2c[nH]c(C)c2c1. The van der Waals surface area contributed by atoms with E-state index in [1.54, 1.807) is 0 Å². The lowest BCUT2D eigenvalue weighted by atomic mass is 10.1. The Balaban J connectivity index is 2.87. The Labute approximate surface area is 66.1 Å². The summed E-state index contributed by atoms with van der Waals surface area (Å²) in [5.41, 5.74) is 2.57. The van der Waals surface area contributed by atoms with Crippen molar-refractivity contribution in [2.24, 2.45) is 0 Å². The van der Waals surface area contributed by atoms with Gasteiger partial charge in [-0.1, -0.05) is 17.7 Å². The second-order valence-corrected chi connectivity index (χ2v) is 3.00. The predicted molar refractivity (Wildman–Crippen MR) is 47.8 cm³/mol. The van der Waals surface area contributed by atoms with E-state index in [0.717, 1.165) is 0 Å². The monoisotopic (exact) mass is 145 g/mol. The number of hydrogen-bond donors (Lipinski definition) is 1. The number of aromatic amines is 1. The number of aromatic nitrogens is 1. The lowest BCUT2D eigenvalue weighted by Crippen LogP contribution is -1.72. The van der Waals surface area contributed by atoms with Crippen LogP contribution in [0, 0.1) is 13.8 Å². The Hall–Kier alpha value is -1.24. The molecule has 2 rings (SSSR count). The van der Waals surface area contributed by atoms with Crippen LogP contribution in [-0.4, -0.2) is 4.98 Å². The number of H-pyrrole nitrogens is 1. The van der Waals surface area contributed by atoms with E-state index in [2.05, 4.69) is 37.0 Å². The van der Waals surface area contributed by atoms with Gasteiger partial charge in [-0.15, -0.1) is 0 Å². The van der Waals surface area contributed by atoms with Crippen molar-refractivity contribution in [2.45, 2.75) is 13.8 Å². The molecule has 0 spiro atoms. The molecule has 0 bridgehead atoms. The maximum absolute atomic E-state index is 3.20. The van der Waals surface area contributed by atoms with E-state index >= 15 is 0 Å². The summed E-state index contributed by atoms with van der Waals surface area (Å²) in [6.07, 6.45) is 2.05. The van der Waals surface area contributed by atoms with Gasteiger partial charge >= 0.3 is 0 Å². The number of hydrogen-bond acceptors (Lipinski definition) is 0. The Kier molecular flexibility index (Phi) is 1.25. The van der Waals surface area contributed by atoms with Crippen LogP contribution in [0.4, 0.5) is 0 Å². The zero-order valence-electron chi connectivity index (χ0n) is 6.81. The van der Waals surface area contributed by atoms with Crippen molar-refractivity contribution in [3.63, 3.8) is 0 Å². The first-order valence-electron chi connectivity index (χ1n) is 3.82. The molecule has 1 nitrogen and oxygen atoms in total. The second-order valence-electron chi connectivity index (χ2n) is 3.00. The minimum absolute atomic E-state index is 1.25. The van der Waals surface area contributed by atoms with Crippen LogP contribution in [0.2, 0.25) is 0 Å². The quantitative estimate of drug-likeness (QED) is 0.586. The molecule has 0 aliphatic carbocycles. The van der Waals surface area contributed by atoms with Crippen molar-refractivity contribution in [1.29, 1.82) is 0 Å². The maximum atomic E-state index is 3.20. The van der Waals surface area contributed by atoms with E-state index in [1.807, 2.05) is 6.20 Å². The van der Waals surface area contributed by atoms with Crippen LogP contribution in [0.1, 0.15) is 11.3 Å². The first-order valence-corrected chi connectivity index (χ1v) is 3.82. The van der Waals surface area contributed by atoms with Crippen molar-refractivity contribution < 1.29 is 0 Å². The molecular formula is C10H11N. The molecule has 0 saturated carbocycles. The molecule has 1 N–H and O–H groups in total. The zero-order chi connectivity index (χ0) is 7.84. The van der Waals surface area contributed by atoms with E-state index in [-0.39, 0.29) is 0 Å². The number of benzene rings is 1. The van der Waals surface area contributed by atoms with Crippen molar-refractivity contribution in [2.75, 3.05) is 0 Å². The highest BCUT2D eigenvalue weighted by Crippen LogP contribution is 2.18. The zero-order valence-corrected chi connectivity index (χ0v) is 6.81. The van der Waals surface area contributed by atoms with E-state index in [9.17, 15) is 0 Å². The Morgan fingerprint density at radius 1 is 1.18 bits per heavy atom. The molecule has 1 heteroatoms. The van der Waals surface area contributed by atoms with Crippen LogP contribution in [0.25, 0.3) is 10.8 Å². The smallest absolute Gasteiger partial charge is 0.0195 e. The average Bonchev–Trinajstić information content (AvgIpc) is 2.33. The average molecular weight is 145 g/mol. The molecule has 0 unspecified atom stereocenters. The molecule has 11 heavy (non-hydrogen) atoms. The molecule has 1 aromatic heterocycles. The number of rotatable bonds is 0. The number of nitrogens with one attached hydrogen (secondary N) is 1. The molecule has 0 atom stereocenters. The maximum Gasteiger partial charge on any atom is 0.0195 e. The Morgan fingerprint density at radius 3 is 2.82 bits per heavy atom. The molecule has 0 amide bonds. The van der Waals surface area contributed by atoms with Crippen LogP contribution in [0.5, 0.6) is 0 Å². The standard InChI is InChI=1S/C10H11N/c1-7-3-4-9-6-11-8(2)10(9)5-7/h3-6,11H,1-2H3. The number of aryl methyl sites for hydroxylation is 2. The lowest BCUT2D eigenvalue weighted by Gasteiger charge is -1.92. The summed E-state index contributed by atoms with van der Waals surface area (Å²) >= 11 is 0. The van der Waals surface area contributed by atoms with Crippen molar-refractivity contribution in [3.05, 3.63) is 35.7 Å². The first kappa shape index (κ1) is 6.47. The van der Waals surface area contributed by atoms with Gasteiger partial charge in [-0.2, -0.15) is 0 Å². The van der Waals surface area contributed by atoms with Gasteiger partial charge in [-0.05, 0) is 25.3 Å². The van der Waals surface area contributed by atoms with Crippen molar-refractivity contribution in [1.82, 2.24) is 4.98 Å². The second kappa shape index (κ2) is 2.12. The molecule has 0 radical (unpaired) electrons. The van der Waals surface area contributed by atoms with Gasteiger partial charge in [-0.25, -0.2) is 0 Å². The van der Waals surface area contributed by atoms with Gasteiger partial charge in [0, 0.05) is 17.3 Å². The van der Waals surface area contributed by atoms with Gasteiger partial charge < -0.3 is 4.98 Å². The number of fused-ring (bicyclic) bond motifs is 1. The summed E-state index contributed by atoms with van der Waals surface area (Å²) in [4.78, 5) is 3.20. The van der Waals surface area contributed by atoms with Gasteiger partial charge in [0.25, 0.3) is 0 Å². The molecule has 56 valence electrons. The minimum atomic E-state index is 1.25. The van der Waals surface area contributed by atoms with Gasteiger partial charge in [0.2, 0.25) is 0 Å². The van der Waals surface area contributed by atoms with Crippen molar-refractivity contribution >= 4 is 10.8 Å². The van der Waals surface area contributed by atoms with E-state index in [1.165, 1.54) is 22.0 Å².